The molecule has 0 saturated heterocycles. The van der Waals surface area contributed by atoms with Crippen LogP contribution in [0.4, 0.5) is 26.3 Å². The first-order chi connectivity index (χ1) is 18.6. The fraction of sp³-hybridized carbons (Fsp3) is 0.417. The second-order valence-electron chi connectivity index (χ2n) is 8.82. The molecular weight excluding hydrogens is 618 g/mol. The molecule has 3 aromatic rings. The highest BCUT2D eigenvalue weighted by Gasteiger charge is 2.43. The SMILES string of the molecule is CC(C)C(COC(=O)C(F)(F)F)NCC(COc1ccc(-c2nc3cc(Br)cnc3[nH]2)cc1)OC(=O)C(F)(F)F. The zero-order valence-electron chi connectivity index (χ0n) is 20.9. The molecule has 0 aliphatic rings. The minimum Gasteiger partial charge on any atom is -0.490 e. The summed E-state index contributed by atoms with van der Waals surface area (Å²) in [5, 5.41) is 2.68. The van der Waals surface area contributed by atoms with Crippen molar-refractivity contribution in [2.75, 3.05) is 19.8 Å². The number of aromatic amines is 1. The van der Waals surface area contributed by atoms with Crippen molar-refractivity contribution in [2.45, 2.75) is 38.3 Å². The van der Waals surface area contributed by atoms with Gasteiger partial charge in [0, 0.05) is 28.8 Å². The number of hydrogen-bond acceptors (Lipinski definition) is 8. The molecule has 16 heteroatoms. The molecule has 40 heavy (non-hydrogen) atoms. The number of aromatic nitrogens is 3. The number of rotatable bonds is 11. The fourth-order valence-corrected chi connectivity index (χ4v) is 3.59. The molecule has 3 rings (SSSR count). The molecule has 218 valence electrons. The van der Waals surface area contributed by atoms with E-state index in [1.54, 1.807) is 38.2 Å². The third-order valence-corrected chi connectivity index (χ3v) is 5.84. The average molecular weight is 641 g/mol. The third-order valence-electron chi connectivity index (χ3n) is 5.41. The summed E-state index contributed by atoms with van der Waals surface area (Å²) in [7, 11) is 0. The number of halogens is 7. The van der Waals surface area contributed by atoms with Crippen molar-refractivity contribution in [1.29, 1.82) is 0 Å². The van der Waals surface area contributed by atoms with Gasteiger partial charge in [-0.25, -0.2) is 19.6 Å². The van der Waals surface area contributed by atoms with Gasteiger partial charge in [0.15, 0.2) is 5.65 Å². The van der Waals surface area contributed by atoms with Crippen molar-refractivity contribution >= 4 is 39.0 Å². The van der Waals surface area contributed by atoms with Crippen molar-refractivity contribution in [3.63, 3.8) is 0 Å². The number of hydrogen-bond donors (Lipinski definition) is 2. The van der Waals surface area contributed by atoms with Crippen LogP contribution in [0, 0.1) is 5.92 Å². The van der Waals surface area contributed by atoms with Gasteiger partial charge in [-0.3, -0.25) is 0 Å². The highest BCUT2D eigenvalue weighted by molar-refractivity contribution is 9.10. The number of carbonyl (C=O) groups excluding carboxylic acids is 2. The van der Waals surface area contributed by atoms with E-state index >= 15 is 0 Å². The monoisotopic (exact) mass is 640 g/mol. The Hall–Kier alpha value is -3.40. The van der Waals surface area contributed by atoms with E-state index in [1.807, 2.05) is 0 Å². The van der Waals surface area contributed by atoms with Crippen LogP contribution in [-0.2, 0) is 19.1 Å². The number of pyridine rings is 1. The predicted octanol–water partition coefficient (Wildman–Crippen LogP) is 4.96. The van der Waals surface area contributed by atoms with Crippen LogP contribution in [0.2, 0.25) is 0 Å². The summed E-state index contributed by atoms with van der Waals surface area (Å²) in [4.78, 5) is 34.2. The van der Waals surface area contributed by atoms with Gasteiger partial charge in [-0.1, -0.05) is 13.8 Å². The lowest BCUT2D eigenvalue weighted by Crippen LogP contribution is -2.46. The number of benzene rings is 1. The Bertz CT molecular complexity index is 1310. The van der Waals surface area contributed by atoms with Crippen LogP contribution in [0.1, 0.15) is 13.8 Å². The summed E-state index contributed by atoms with van der Waals surface area (Å²) < 4.78 is 90.7. The van der Waals surface area contributed by atoms with Gasteiger partial charge in [-0.15, -0.1) is 0 Å². The Morgan fingerprint density at radius 3 is 2.27 bits per heavy atom. The average Bonchev–Trinajstić information content (AvgIpc) is 3.28. The standard InChI is InChI=1S/C24H23BrF6N4O5/c1-12(2)18(11-39-21(36)23(26,27)28)32-9-16(40-22(37)24(29,30)31)10-38-15-5-3-13(4-6-15)19-34-17-7-14(25)8-33-20(17)35-19/h3-8,12,16,18,32H,9-11H2,1-2H3,(H,33,34,35). The lowest BCUT2D eigenvalue weighted by atomic mass is 10.1. The molecule has 0 spiro atoms. The molecule has 0 radical (unpaired) electrons. The van der Waals surface area contributed by atoms with Gasteiger partial charge in [0.25, 0.3) is 0 Å². The van der Waals surface area contributed by atoms with Crippen molar-refractivity contribution < 1.29 is 50.1 Å². The van der Waals surface area contributed by atoms with Crippen LogP contribution in [-0.4, -0.2) is 71.1 Å². The maximum Gasteiger partial charge on any atom is 0.490 e. The summed E-state index contributed by atoms with van der Waals surface area (Å²) in [5.74, 6) is -4.53. The number of nitrogens with zero attached hydrogens (tertiary/aromatic N) is 2. The van der Waals surface area contributed by atoms with Gasteiger partial charge in [0.1, 0.15) is 36.4 Å². The summed E-state index contributed by atoms with van der Waals surface area (Å²) >= 11 is 3.32. The van der Waals surface area contributed by atoms with Crippen LogP contribution < -0.4 is 10.1 Å². The van der Waals surface area contributed by atoms with Crippen LogP contribution in [0.3, 0.4) is 0 Å². The van der Waals surface area contributed by atoms with E-state index in [1.165, 1.54) is 12.1 Å². The summed E-state index contributed by atoms with van der Waals surface area (Å²) in [5.41, 5.74) is 1.85. The van der Waals surface area contributed by atoms with Crippen LogP contribution in [0.25, 0.3) is 22.6 Å². The van der Waals surface area contributed by atoms with E-state index < -0.39 is 62.1 Å². The summed E-state index contributed by atoms with van der Waals surface area (Å²) in [6, 6.07) is 7.21. The van der Waals surface area contributed by atoms with Gasteiger partial charge in [-0.2, -0.15) is 26.3 Å². The number of H-pyrrole nitrogens is 1. The van der Waals surface area contributed by atoms with Crippen LogP contribution >= 0.6 is 15.9 Å². The number of fused-ring (bicyclic) bond motifs is 1. The fourth-order valence-electron chi connectivity index (χ4n) is 3.28. The number of imidazole rings is 1. The first-order valence-corrected chi connectivity index (χ1v) is 12.4. The Labute approximate surface area is 231 Å². The van der Waals surface area contributed by atoms with Gasteiger partial charge in [-0.05, 0) is 52.2 Å². The van der Waals surface area contributed by atoms with Crippen LogP contribution in [0.15, 0.2) is 41.0 Å². The topological polar surface area (TPSA) is 115 Å². The predicted molar refractivity (Wildman–Crippen MR) is 132 cm³/mol. The van der Waals surface area contributed by atoms with Crippen LogP contribution in [0.5, 0.6) is 5.75 Å². The maximum atomic E-state index is 12.8. The minimum absolute atomic E-state index is 0.230. The van der Waals surface area contributed by atoms with E-state index in [4.69, 9.17) is 4.74 Å². The van der Waals surface area contributed by atoms with Gasteiger partial charge < -0.3 is 24.5 Å². The number of ether oxygens (including phenoxy) is 3. The van der Waals surface area contributed by atoms with Crippen molar-refractivity contribution in [3.8, 4) is 17.1 Å². The molecule has 2 atom stereocenters. The van der Waals surface area contributed by atoms with Crippen molar-refractivity contribution in [1.82, 2.24) is 20.3 Å². The zero-order chi connectivity index (χ0) is 29.7. The quantitative estimate of drug-likeness (QED) is 0.223. The summed E-state index contributed by atoms with van der Waals surface area (Å²) in [6.45, 7) is 1.50. The molecule has 1 aromatic carbocycles. The largest absolute Gasteiger partial charge is 0.490 e. The molecule has 0 fully saturated rings. The number of alkyl halides is 6. The highest BCUT2D eigenvalue weighted by atomic mass is 79.9. The molecule has 9 nitrogen and oxygen atoms in total. The lowest BCUT2D eigenvalue weighted by molar-refractivity contribution is -0.206. The molecule has 0 saturated carbocycles. The summed E-state index contributed by atoms with van der Waals surface area (Å²) in [6.07, 6.45) is -10.4. The first-order valence-electron chi connectivity index (χ1n) is 11.6. The molecule has 2 heterocycles. The van der Waals surface area contributed by atoms with E-state index in [0.29, 0.717) is 22.6 Å². The molecule has 0 bridgehead atoms. The normalized spacial score (nSPS) is 13.8. The Morgan fingerprint density at radius 2 is 1.68 bits per heavy atom. The van der Waals surface area contributed by atoms with Crippen molar-refractivity contribution in [3.05, 3.63) is 41.0 Å². The third kappa shape index (κ3) is 8.81. The minimum atomic E-state index is -5.28. The lowest BCUT2D eigenvalue weighted by Gasteiger charge is -2.26. The van der Waals surface area contributed by atoms with Gasteiger partial charge in [0.2, 0.25) is 0 Å². The van der Waals surface area contributed by atoms with Gasteiger partial charge in [0.05, 0.1) is 0 Å². The molecule has 0 aliphatic heterocycles. The Kier molecular flexibility index (Phi) is 10.00. The number of carbonyl (C=O) groups is 2. The van der Waals surface area contributed by atoms with E-state index in [2.05, 4.69) is 45.7 Å². The van der Waals surface area contributed by atoms with E-state index in [9.17, 15) is 35.9 Å². The second kappa shape index (κ2) is 12.8. The van der Waals surface area contributed by atoms with E-state index in [0.717, 1.165) is 4.47 Å². The molecule has 2 aromatic heterocycles. The Morgan fingerprint density at radius 1 is 1.02 bits per heavy atom. The maximum absolute atomic E-state index is 12.8. The molecular formula is C24H23BrF6N4O5. The number of esters is 2. The zero-order valence-corrected chi connectivity index (χ0v) is 22.5. The van der Waals surface area contributed by atoms with E-state index in [-0.39, 0.29) is 5.75 Å². The molecule has 2 unspecified atom stereocenters. The molecule has 0 aliphatic carbocycles. The highest BCUT2D eigenvalue weighted by Crippen LogP contribution is 2.24. The second-order valence-corrected chi connectivity index (χ2v) is 9.74. The molecule has 0 amide bonds. The first kappa shape index (κ1) is 31.1. The molecule has 2 N–H and O–H groups in total. The van der Waals surface area contributed by atoms with Gasteiger partial charge >= 0.3 is 24.3 Å². The Balaban J connectivity index is 1.65. The van der Waals surface area contributed by atoms with Crippen molar-refractivity contribution in [2.24, 2.45) is 5.92 Å². The number of nitrogens with one attached hydrogen (secondary N) is 2. The smallest absolute Gasteiger partial charge is 0.490 e.